The molecule has 4 nitrogen and oxygen atoms in total. The number of halogens is 1. The molecule has 0 fully saturated rings. The Hall–Kier alpha value is -2.76. The number of rotatable bonds is 5. The second-order valence-corrected chi connectivity index (χ2v) is 6.76. The van der Waals surface area contributed by atoms with Crippen LogP contribution in [-0.4, -0.2) is 10.7 Å². The van der Waals surface area contributed by atoms with Crippen LogP contribution in [-0.2, 0) is 0 Å². The fourth-order valence-corrected chi connectivity index (χ4v) is 3.26. The zero-order valence-corrected chi connectivity index (χ0v) is 14.5. The maximum Gasteiger partial charge on any atom is 0.269 e. The van der Waals surface area contributed by atoms with E-state index in [0.717, 1.165) is 15.3 Å². The quantitative estimate of drug-likeness (QED) is 0.244. The highest BCUT2D eigenvalue weighted by molar-refractivity contribution is 7.16. The van der Waals surface area contributed by atoms with E-state index in [4.69, 9.17) is 11.6 Å². The summed E-state index contributed by atoms with van der Waals surface area (Å²) >= 11 is 7.32. The average molecular weight is 370 g/mol. The first-order valence-electron chi connectivity index (χ1n) is 7.35. The number of non-ortho nitro benzene ring substituents is 1. The molecule has 3 aromatic rings. The van der Waals surface area contributed by atoms with Gasteiger partial charge in [-0.05, 0) is 66.2 Å². The third-order valence-electron chi connectivity index (χ3n) is 3.52. The molecule has 0 bridgehead atoms. The first kappa shape index (κ1) is 17.1. The molecular formula is C19H12ClNO3S. The third-order valence-corrected chi connectivity index (χ3v) is 4.87. The highest BCUT2D eigenvalue weighted by atomic mass is 35.5. The normalized spacial score (nSPS) is 10.9. The summed E-state index contributed by atoms with van der Waals surface area (Å²) in [6, 6.07) is 17.0. The summed E-state index contributed by atoms with van der Waals surface area (Å²) < 4.78 is 0. The van der Waals surface area contributed by atoms with Gasteiger partial charge in [-0.15, -0.1) is 11.3 Å². The Morgan fingerprint density at radius 2 is 1.68 bits per heavy atom. The molecule has 6 heteroatoms. The molecule has 0 aliphatic heterocycles. The fourth-order valence-electron chi connectivity index (χ4n) is 2.21. The van der Waals surface area contributed by atoms with E-state index < -0.39 is 4.92 Å². The number of ketones is 1. The molecule has 0 unspecified atom stereocenters. The predicted octanol–water partition coefficient (Wildman–Crippen LogP) is 5.87. The second-order valence-electron chi connectivity index (χ2n) is 5.21. The van der Waals surface area contributed by atoms with Crippen molar-refractivity contribution in [2.24, 2.45) is 0 Å². The van der Waals surface area contributed by atoms with Crippen LogP contribution >= 0.6 is 22.9 Å². The standard InChI is InChI=1S/C19H12ClNO3S/c20-15-5-1-13(2-6-15)18(22)11-9-17-10-12-19(25-17)14-3-7-16(8-4-14)21(23)24/h1-12H/b11-9+. The maximum absolute atomic E-state index is 12.1. The second kappa shape index (κ2) is 7.42. The summed E-state index contributed by atoms with van der Waals surface area (Å²) in [7, 11) is 0. The van der Waals surface area contributed by atoms with Gasteiger partial charge in [0, 0.05) is 32.5 Å². The lowest BCUT2D eigenvalue weighted by molar-refractivity contribution is -0.384. The SMILES string of the molecule is O=C(/C=C/c1ccc(-c2ccc([N+](=O)[O-])cc2)s1)c1ccc(Cl)cc1. The first-order chi connectivity index (χ1) is 12.0. The number of benzene rings is 2. The molecule has 1 heterocycles. The minimum absolute atomic E-state index is 0.0639. The van der Waals surface area contributed by atoms with Crippen LogP contribution in [0.5, 0.6) is 0 Å². The minimum Gasteiger partial charge on any atom is -0.289 e. The molecule has 0 N–H and O–H groups in total. The van der Waals surface area contributed by atoms with Crippen LogP contribution in [0.2, 0.25) is 5.02 Å². The van der Waals surface area contributed by atoms with Gasteiger partial charge in [0.15, 0.2) is 5.78 Å². The summed E-state index contributed by atoms with van der Waals surface area (Å²) in [5.74, 6) is -0.0954. The molecule has 0 amide bonds. The lowest BCUT2D eigenvalue weighted by atomic mass is 10.1. The Kier molecular flexibility index (Phi) is 5.07. The van der Waals surface area contributed by atoms with Crippen molar-refractivity contribution in [3.63, 3.8) is 0 Å². The largest absolute Gasteiger partial charge is 0.289 e. The van der Waals surface area contributed by atoms with E-state index >= 15 is 0 Å². The van der Waals surface area contributed by atoms with Crippen LogP contribution in [0.4, 0.5) is 5.69 Å². The monoisotopic (exact) mass is 369 g/mol. The van der Waals surface area contributed by atoms with Crippen LogP contribution in [0.15, 0.2) is 66.7 Å². The van der Waals surface area contributed by atoms with Gasteiger partial charge in [0.1, 0.15) is 0 Å². The summed E-state index contributed by atoms with van der Waals surface area (Å²) in [5, 5.41) is 11.3. The number of nitro groups is 1. The number of nitro benzene ring substituents is 1. The van der Waals surface area contributed by atoms with Gasteiger partial charge < -0.3 is 0 Å². The van der Waals surface area contributed by atoms with Crippen molar-refractivity contribution in [1.29, 1.82) is 0 Å². The Morgan fingerprint density at radius 1 is 1.00 bits per heavy atom. The van der Waals surface area contributed by atoms with Gasteiger partial charge in [-0.25, -0.2) is 0 Å². The molecule has 0 saturated carbocycles. The lowest BCUT2D eigenvalue weighted by Gasteiger charge is -1.96. The third kappa shape index (κ3) is 4.21. The van der Waals surface area contributed by atoms with E-state index in [0.29, 0.717) is 10.6 Å². The van der Waals surface area contributed by atoms with Gasteiger partial charge in [-0.2, -0.15) is 0 Å². The first-order valence-corrected chi connectivity index (χ1v) is 8.55. The van der Waals surface area contributed by atoms with Crippen molar-refractivity contribution >= 4 is 40.5 Å². The minimum atomic E-state index is -0.422. The fraction of sp³-hybridized carbons (Fsp3) is 0. The van der Waals surface area contributed by atoms with Crippen molar-refractivity contribution < 1.29 is 9.72 Å². The summed E-state index contributed by atoms with van der Waals surface area (Å²) in [4.78, 5) is 24.3. The Labute approximate surface area is 153 Å². The van der Waals surface area contributed by atoms with Crippen molar-refractivity contribution in [1.82, 2.24) is 0 Å². The van der Waals surface area contributed by atoms with Crippen molar-refractivity contribution in [3.05, 3.63) is 92.3 Å². The molecule has 3 rings (SSSR count). The number of carbonyl (C=O) groups excluding carboxylic acids is 1. The Morgan fingerprint density at radius 3 is 2.32 bits per heavy atom. The van der Waals surface area contributed by atoms with Crippen molar-refractivity contribution in [2.75, 3.05) is 0 Å². The smallest absolute Gasteiger partial charge is 0.269 e. The van der Waals surface area contributed by atoms with Gasteiger partial charge >= 0.3 is 0 Å². The van der Waals surface area contributed by atoms with Gasteiger partial charge in [0.05, 0.1) is 4.92 Å². The van der Waals surface area contributed by atoms with E-state index in [1.807, 2.05) is 12.1 Å². The van der Waals surface area contributed by atoms with Crippen molar-refractivity contribution in [3.8, 4) is 10.4 Å². The molecule has 0 aliphatic carbocycles. The number of carbonyl (C=O) groups is 1. The number of nitrogens with zero attached hydrogens (tertiary/aromatic N) is 1. The van der Waals surface area contributed by atoms with Crippen LogP contribution in [0.3, 0.4) is 0 Å². The zero-order valence-electron chi connectivity index (χ0n) is 12.9. The molecule has 0 spiro atoms. The van der Waals surface area contributed by atoms with Crippen LogP contribution in [0, 0.1) is 10.1 Å². The van der Waals surface area contributed by atoms with E-state index in [1.165, 1.54) is 29.5 Å². The highest BCUT2D eigenvalue weighted by Gasteiger charge is 2.07. The number of hydrogen-bond acceptors (Lipinski definition) is 4. The van der Waals surface area contributed by atoms with E-state index in [1.54, 1.807) is 42.5 Å². The molecule has 0 aliphatic rings. The Bertz CT molecular complexity index is 944. The molecule has 1 aromatic heterocycles. The number of hydrogen-bond donors (Lipinski definition) is 0. The van der Waals surface area contributed by atoms with Gasteiger partial charge in [-0.1, -0.05) is 11.6 Å². The number of thiophene rings is 1. The highest BCUT2D eigenvalue weighted by Crippen LogP contribution is 2.30. The predicted molar refractivity (Wildman–Crippen MR) is 101 cm³/mol. The van der Waals surface area contributed by atoms with Crippen LogP contribution < -0.4 is 0 Å². The molecule has 0 saturated heterocycles. The van der Waals surface area contributed by atoms with Crippen LogP contribution in [0.25, 0.3) is 16.5 Å². The van der Waals surface area contributed by atoms with E-state index in [9.17, 15) is 14.9 Å². The average Bonchev–Trinajstić information content (AvgIpc) is 3.09. The van der Waals surface area contributed by atoms with Crippen LogP contribution in [0.1, 0.15) is 15.2 Å². The van der Waals surface area contributed by atoms with Gasteiger partial charge in [0.25, 0.3) is 5.69 Å². The molecule has 124 valence electrons. The van der Waals surface area contributed by atoms with E-state index in [2.05, 4.69) is 0 Å². The summed E-state index contributed by atoms with van der Waals surface area (Å²) in [6.45, 7) is 0. The Balaban J connectivity index is 1.73. The van der Waals surface area contributed by atoms with E-state index in [-0.39, 0.29) is 11.5 Å². The molecule has 2 aromatic carbocycles. The molecule has 0 atom stereocenters. The van der Waals surface area contributed by atoms with Gasteiger partial charge in [-0.3, -0.25) is 14.9 Å². The molecule has 25 heavy (non-hydrogen) atoms. The molecule has 0 radical (unpaired) electrons. The maximum atomic E-state index is 12.1. The molecular weight excluding hydrogens is 358 g/mol. The van der Waals surface area contributed by atoms with Gasteiger partial charge in [0.2, 0.25) is 0 Å². The van der Waals surface area contributed by atoms with Crippen molar-refractivity contribution in [2.45, 2.75) is 0 Å². The summed E-state index contributed by atoms with van der Waals surface area (Å²) in [6.07, 6.45) is 3.28. The lowest BCUT2D eigenvalue weighted by Crippen LogP contribution is -1.92. The summed E-state index contributed by atoms with van der Waals surface area (Å²) in [5.41, 5.74) is 1.54. The topological polar surface area (TPSA) is 60.2 Å². The number of allylic oxidation sites excluding steroid dienone is 1. The zero-order chi connectivity index (χ0) is 17.8.